The number of nitrogens with zero attached hydrogens (tertiary/aromatic N) is 1. The Morgan fingerprint density at radius 2 is 2.17 bits per heavy atom. The number of aliphatic hydroxyl groups is 1. The number of methoxy groups -OCH3 is 2. The molecule has 2 rings (SSSR count). The van der Waals surface area contributed by atoms with Gasteiger partial charge in [0.2, 0.25) is 5.91 Å². The first kappa shape index (κ1) is 18.5. The fraction of sp³-hybridized carbons (Fsp3) is 0.500. The zero-order chi connectivity index (χ0) is 17.7. The molecule has 0 saturated carbocycles. The molecule has 0 spiro atoms. The summed E-state index contributed by atoms with van der Waals surface area (Å²) in [5.74, 6) is -0.174. The molecule has 0 aromatic heterocycles. The first-order valence-corrected chi connectivity index (χ1v) is 7.93. The normalized spacial score (nSPS) is 20.6. The van der Waals surface area contributed by atoms with Crippen LogP contribution in [0.3, 0.4) is 0 Å². The zero-order valence-corrected chi connectivity index (χ0v) is 14.4. The second-order valence-electron chi connectivity index (χ2n) is 5.55. The van der Waals surface area contributed by atoms with Gasteiger partial charge in [0.25, 0.3) is 5.91 Å². The Morgan fingerprint density at radius 1 is 1.42 bits per heavy atom. The minimum atomic E-state index is -0.846. The number of nitrogens with one attached hydrogen (secondary N) is 1. The lowest BCUT2D eigenvalue weighted by Gasteiger charge is -2.36. The monoisotopic (exact) mass is 356 g/mol. The van der Waals surface area contributed by atoms with E-state index in [1.165, 1.54) is 19.1 Å². The highest BCUT2D eigenvalue weighted by Gasteiger charge is 2.31. The molecule has 0 radical (unpaired) electrons. The fourth-order valence-corrected chi connectivity index (χ4v) is 2.80. The van der Waals surface area contributed by atoms with E-state index in [9.17, 15) is 14.7 Å². The largest absolute Gasteiger partial charge is 0.496 e. The quantitative estimate of drug-likeness (QED) is 0.810. The van der Waals surface area contributed by atoms with E-state index < -0.39 is 12.1 Å². The number of likely N-dealkylation sites (tertiary alicyclic amines) is 1. The van der Waals surface area contributed by atoms with Gasteiger partial charge < -0.3 is 24.8 Å². The van der Waals surface area contributed by atoms with Crippen LogP contribution in [-0.2, 0) is 9.53 Å². The minimum absolute atomic E-state index is 0.0221. The Kier molecular flexibility index (Phi) is 6.42. The molecule has 132 valence electrons. The highest BCUT2D eigenvalue weighted by molar-refractivity contribution is 6.30. The Bertz CT molecular complexity index is 610. The number of piperidine rings is 1. The summed E-state index contributed by atoms with van der Waals surface area (Å²) in [4.78, 5) is 25.7. The van der Waals surface area contributed by atoms with Crippen LogP contribution < -0.4 is 10.1 Å². The number of carbonyl (C=O) groups excluding carboxylic acids is 2. The Balaban J connectivity index is 1.99. The molecule has 0 bridgehead atoms. The molecule has 8 heteroatoms. The average Bonchev–Trinajstić information content (AvgIpc) is 2.56. The summed E-state index contributed by atoms with van der Waals surface area (Å²) < 4.78 is 9.97. The molecule has 7 nitrogen and oxygen atoms in total. The van der Waals surface area contributed by atoms with E-state index in [4.69, 9.17) is 21.1 Å². The number of amides is 2. The standard InChI is InChI=1S/C16H21ClN2O5/c1-23-9-15(21)19-6-5-12(13(20)8-19)18-16(22)11-4-3-10(17)7-14(11)24-2/h3-4,7,12-13,20H,5-6,8-9H2,1-2H3,(H,18,22)/t12-,13-/m1/s1. The van der Waals surface area contributed by atoms with Crippen LogP contribution in [0.15, 0.2) is 18.2 Å². The lowest BCUT2D eigenvalue weighted by Crippen LogP contribution is -2.55. The van der Waals surface area contributed by atoms with Gasteiger partial charge in [-0.1, -0.05) is 11.6 Å². The number of β-amino-alcohol motifs (C(OH)–C–C–N with tert-alkyl or cyclic N) is 1. The molecular formula is C16H21ClN2O5. The van der Waals surface area contributed by atoms with E-state index in [1.54, 1.807) is 18.2 Å². The molecule has 1 aromatic rings. The van der Waals surface area contributed by atoms with Crippen LogP contribution >= 0.6 is 11.6 Å². The van der Waals surface area contributed by atoms with Crippen molar-refractivity contribution in [3.8, 4) is 5.75 Å². The van der Waals surface area contributed by atoms with Gasteiger partial charge in [0, 0.05) is 25.2 Å². The molecule has 2 amide bonds. The predicted octanol–water partition coefficient (Wildman–Crippen LogP) is 0.687. The van der Waals surface area contributed by atoms with Gasteiger partial charge in [-0.3, -0.25) is 9.59 Å². The van der Waals surface area contributed by atoms with Crippen molar-refractivity contribution in [1.82, 2.24) is 10.2 Å². The van der Waals surface area contributed by atoms with Crippen LogP contribution in [0.1, 0.15) is 16.8 Å². The van der Waals surface area contributed by atoms with Crippen molar-refractivity contribution in [2.75, 3.05) is 33.9 Å². The number of benzene rings is 1. The van der Waals surface area contributed by atoms with E-state index >= 15 is 0 Å². The highest BCUT2D eigenvalue weighted by atomic mass is 35.5. The van der Waals surface area contributed by atoms with Crippen molar-refractivity contribution in [2.45, 2.75) is 18.6 Å². The number of rotatable bonds is 5. The zero-order valence-electron chi connectivity index (χ0n) is 13.6. The van der Waals surface area contributed by atoms with Crippen LogP contribution in [-0.4, -0.2) is 67.9 Å². The maximum Gasteiger partial charge on any atom is 0.255 e. The molecule has 2 atom stereocenters. The second kappa shape index (κ2) is 8.32. The van der Waals surface area contributed by atoms with E-state index in [0.717, 1.165) is 0 Å². The molecule has 1 aliphatic rings. The number of aliphatic hydroxyl groups excluding tert-OH is 1. The molecule has 1 saturated heterocycles. The molecule has 0 aliphatic carbocycles. The summed E-state index contributed by atoms with van der Waals surface area (Å²) in [6.45, 7) is 0.582. The van der Waals surface area contributed by atoms with E-state index in [0.29, 0.717) is 29.3 Å². The van der Waals surface area contributed by atoms with Gasteiger partial charge >= 0.3 is 0 Å². The first-order chi connectivity index (χ1) is 11.5. The van der Waals surface area contributed by atoms with E-state index in [1.807, 2.05) is 0 Å². The van der Waals surface area contributed by atoms with Gasteiger partial charge in [-0.05, 0) is 24.6 Å². The minimum Gasteiger partial charge on any atom is -0.496 e. The van der Waals surface area contributed by atoms with Gasteiger partial charge in [-0.15, -0.1) is 0 Å². The predicted molar refractivity (Wildman–Crippen MR) is 88.3 cm³/mol. The van der Waals surface area contributed by atoms with Crippen molar-refractivity contribution in [3.63, 3.8) is 0 Å². The van der Waals surface area contributed by atoms with Gasteiger partial charge in [0.05, 0.1) is 24.8 Å². The smallest absolute Gasteiger partial charge is 0.255 e. The number of carbonyl (C=O) groups is 2. The Hall–Kier alpha value is -1.83. The molecule has 1 heterocycles. The van der Waals surface area contributed by atoms with Gasteiger partial charge in [0.1, 0.15) is 12.4 Å². The third kappa shape index (κ3) is 4.37. The third-order valence-corrected chi connectivity index (χ3v) is 4.16. The molecule has 1 aliphatic heterocycles. The van der Waals surface area contributed by atoms with Crippen LogP contribution in [0.4, 0.5) is 0 Å². The van der Waals surface area contributed by atoms with Crippen LogP contribution in [0.5, 0.6) is 5.75 Å². The Morgan fingerprint density at radius 3 is 2.79 bits per heavy atom. The lowest BCUT2D eigenvalue weighted by molar-refractivity contribution is -0.138. The third-order valence-electron chi connectivity index (χ3n) is 3.93. The van der Waals surface area contributed by atoms with Gasteiger partial charge in [-0.25, -0.2) is 0 Å². The van der Waals surface area contributed by atoms with Gasteiger partial charge in [0.15, 0.2) is 0 Å². The van der Waals surface area contributed by atoms with Crippen molar-refractivity contribution in [3.05, 3.63) is 28.8 Å². The molecule has 1 fully saturated rings. The van der Waals surface area contributed by atoms with E-state index in [-0.39, 0.29) is 25.0 Å². The van der Waals surface area contributed by atoms with Crippen LogP contribution in [0.25, 0.3) is 0 Å². The SMILES string of the molecule is COCC(=O)N1CC[C@@H](NC(=O)c2ccc(Cl)cc2OC)[C@H](O)C1. The van der Waals surface area contributed by atoms with Crippen molar-refractivity contribution < 1.29 is 24.2 Å². The van der Waals surface area contributed by atoms with Gasteiger partial charge in [-0.2, -0.15) is 0 Å². The molecule has 1 aromatic carbocycles. The van der Waals surface area contributed by atoms with Crippen LogP contribution in [0, 0.1) is 0 Å². The first-order valence-electron chi connectivity index (χ1n) is 7.55. The highest BCUT2D eigenvalue weighted by Crippen LogP contribution is 2.23. The van der Waals surface area contributed by atoms with Crippen molar-refractivity contribution in [1.29, 1.82) is 0 Å². The maximum atomic E-state index is 12.4. The second-order valence-corrected chi connectivity index (χ2v) is 5.99. The van der Waals surface area contributed by atoms with Crippen LogP contribution in [0.2, 0.25) is 5.02 Å². The summed E-state index contributed by atoms with van der Waals surface area (Å²) in [6, 6.07) is 4.28. The Labute approximate surface area is 145 Å². The summed E-state index contributed by atoms with van der Waals surface area (Å²) in [5, 5.41) is 13.5. The van der Waals surface area contributed by atoms with Crippen molar-refractivity contribution >= 4 is 23.4 Å². The molecule has 0 unspecified atom stereocenters. The van der Waals surface area contributed by atoms with Crippen molar-refractivity contribution in [2.24, 2.45) is 0 Å². The average molecular weight is 357 g/mol. The summed E-state index contributed by atoms with van der Waals surface area (Å²) in [5.41, 5.74) is 0.340. The molecule has 2 N–H and O–H groups in total. The summed E-state index contributed by atoms with van der Waals surface area (Å²) in [6.07, 6.45) is -0.389. The summed E-state index contributed by atoms with van der Waals surface area (Å²) in [7, 11) is 2.90. The molecule has 24 heavy (non-hydrogen) atoms. The number of halogens is 1. The number of ether oxygens (including phenoxy) is 2. The lowest BCUT2D eigenvalue weighted by atomic mass is 10.0. The number of hydrogen-bond acceptors (Lipinski definition) is 5. The fourth-order valence-electron chi connectivity index (χ4n) is 2.64. The van der Waals surface area contributed by atoms with E-state index in [2.05, 4.69) is 5.32 Å². The topological polar surface area (TPSA) is 88.1 Å². The number of hydrogen-bond donors (Lipinski definition) is 2. The summed E-state index contributed by atoms with van der Waals surface area (Å²) >= 11 is 5.89. The molecular weight excluding hydrogens is 336 g/mol. The maximum absolute atomic E-state index is 12.4.